The maximum absolute atomic E-state index is 11.8. The Kier molecular flexibility index (Phi) is 10.0. The number of nitrogens with one attached hydrogen (secondary N) is 1. The van der Waals surface area contributed by atoms with Gasteiger partial charge in [-0.3, -0.25) is 9.58 Å². The summed E-state index contributed by atoms with van der Waals surface area (Å²) >= 11 is 6.45. The number of fused-ring (bicyclic) bond motifs is 2. The molecule has 0 radical (unpaired) electrons. The van der Waals surface area contributed by atoms with Crippen LogP contribution in [0.4, 0.5) is 11.6 Å². The zero-order valence-corrected chi connectivity index (χ0v) is 29.3. The maximum Gasteiger partial charge on any atom is 0.256 e. The summed E-state index contributed by atoms with van der Waals surface area (Å²) in [4.78, 5) is 15.8. The van der Waals surface area contributed by atoms with Crippen molar-refractivity contribution in [2.45, 2.75) is 82.3 Å². The molecule has 3 aromatic heterocycles. The summed E-state index contributed by atoms with van der Waals surface area (Å²) in [6.07, 6.45) is 16.2. The second kappa shape index (κ2) is 14.6. The highest BCUT2D eigenvalue weighted by atomic mass is 35.5. The average molecular weight is 712 g/mol. The Hall–Kier alpha value is -3.79. The Bertz CT molecular complexity index is 1800. The fourth-order valence-electron chi connectivity index (χ4n) is 7.20. The molecule has 0 spiro atoms. The van der Waals surface area contributed by atoms with E-state index in [0.29, 0.717) is 53.0 Å². The van der Waals surface area contributed by atoms with E-state index in [-0.39, 0.29) is 24.5 Å². The second-order valence-corrected chi connectivity index (χ2v) is 15.9. The van der Waals surface area contributed by atoms with Gasteiger partial charge in [0.2, 0.25) is 5.95 Å². The van der Waals surface area contributed by atoms with Crippen LogP contribution in [0.3, 0.4) is 0 Å². The first-order valence-electron chi connectivity index (χ1n) is 16.8. The van der Waals surface area contributed by atoms with Crippen LogP contribution in [-0.2, 0) is 21.1 Å². The van der Waals surface area contributed by atoms with Gasteiger partial charge in [0.15, 0.2) is 9.84 Å². The lowest BCUT2D eigenvalue weighted by molar-refractivity contribution is -0.0458. The molecule has 1 aliphatic carbocycles. The molecule has 1 saturated carbocycles. The summed E-state index contributed by atoms with van der Waals surface area (Å²) in [7, 11) is -3.20. The lowest BCUT2D eigenvalue weighted by Gasteiger charge is -2.43. The van der Waals surface area contributed by atoms with Crippen molar-refractivity contribution < 1.29 is 22.6 Å². The smallest absolute Gasteiger partial charge is 0.256 e. The van der Waals surface area contributed by atoms with E-state index < -0.39 is 9.84 Å². The van der Waals surface area contributed by atoms with Crippen LogP contribution in [0.25, 0.3) is 11.1 Å². The van der Waals surface area contributed by atoms with Crippen molar-refractivity contribution in [3.8, 4) is 22.8 Å². The molecule has 7 rings (SSSR count). The van der Waals surface area contributed by atoms with Gasteiger partial charge < -0.3 is 19.5 Å². The first-order chi connectivity index (χ1) is 23.7. The van der Waals surface area contributed by atoms with Gasteiger partial charge in [0.05, 0.1) is 42.8 Å². The van der Waals surface area contributed by atoms with E-state index in [1.54, 1.807) is 29.5 Å². The molecule has 3 atom stereocenters. The summed E-state index contributed by atoms with van der Waals surface area (Å²) in [6.45, 7) is 4.16. The number of hydrogen-bond donors (Lipinski definition) is 1. The molecular formula is C33H42ClN9O5S. The average Bonchev–Trinajstić information content (AvgIpc) is 3.80. The predicted octanol–water partition coefficient (Wildman–Crippen LogP) is 4.57. The first kappa shape index (κ1) is 33.7. The number of sulfone groups is 1. The van der Waals surface area contributed by atoms with E-state index in [2.05, 4.69) is 30.3 Å². The molecule has 3 aliphatic rings. The lowest BCUT2D eigenvalue weighted by Crippen LogP contribution is -2.52. The molecule has 2 unspecified atom stereocenters. The number of morpholine rings is 1. The molecular weight excluding hydrogens is 670 g/mol. The molecule has 49 heavy (non-hydrogen) atoms. The van der Waals surface area contributed by atoms with E-state index in [1.165, 1.54) is 25.4 Å². The quantitative estimate of drug-likeness (QED) is 0.207. The van der Waals surface area contributed by atoms with Gasteiger partial charge in [0, 0.05) is 42.3 Å². The minimum absolute atomic E-state index is 0.00467. The second-order valence-electron chi connectivity index (χ2n) is 13.2. The van der Waals surface area contributed by atoms with Gasteiger partial charge in [0.1, 0.15) is 36.8 Å². The maximum atomic E-state index is 11.8. The predicted molar refractivity (Wildman–Crippen MR) is 184 cm³/mol. The molecule has 5 heterocycles. The summed E-state index contributed by atoms with van der Waals surface area (Å²) in [6, 6.07) is 7.44. The molecule has 3 fully saturated rings. The molecule has 2 aliphatic heterocycles. The van der Waals surface area contributed by atoms with Gasteiger partial charge in [-0.05, 0) is 63.1 Å². The highest BCUT2D eigenvalue weighted by Gasteiger charge is 2.42. The number of anilines is 2. The SMILES string of the molecule is C[C@@H](Cn1cncn1)Oc1cc(-c2cnc(Nc3cn(C4CCC(N5C6CCC5COC6)CC4)nc3OCCS(C)(=O)=O)nc2)ccc1Cl. The molecule has 4 aromatic rings. The van der Waals surface area contributed by atoms with Gasteiger partial charge in [0.25, 0.3) is 5.88 Å². The van der Waals surface area contributed by atoms with E-state index >= 15 is 0 Å². The van der Waals surface area contributed by atoms with Gasteiger partial charge in [-0.2, -0.15) is 5.10 Å². The van der Waals surface area contributed by atoms with Crippen LogP contribution in [0, 0.1) is 0 Å². The summed E-state index contributed by atoms with van der Waals surface area (Å²) in [5.74, 6) is 1.12. The van der Waals surface area contributed by atoms with Crippen LogP contribution in [0.2, 0.25) is 5.02 Å². The summed E-state index contributed by atoms with van der Waals surface area (Å²) in [5, 5.41) is 12.6. The highest BCUT2D eigenvalue weighted by molar-refractivity contribution is 7.90. The minimum atomic E-state index is -3.20. The van der Waals surface area contributed by atoms with Crippen molar-refractivity contribution in [3.05, 3.63) is 54.5 Å². The third-order valence-electron chi connectivity index (χ3n) is 9.55. The van der Waals surface area contributed by atoms with Crippen LogP contribution in [-0.4, -0.2) is 104 Å². The van der Waals surface area contributed by atoms with Gasteiger partial charge >= 0.3 is 0 Å². The zero-order valence-electron chi connectivity index (χ0n) is 27.7. The van der Waals surface area contributed by atoms with E-state index in [1.807, 2.05) is 29.9 Å². The Labute approximate surface area is 291 Å². The highest BCUT2D eigenvalue weighted by Crippen LogP contribution is 2.39. The summed E-state index contributed by atoms with van der Waals surface area (Å²) < 4.78 is 45.1. The van der Waals surface area contributed by atoms with Crippen molar-refractivity contribution in [1.29, 1.82) is 0 Å². The normalized spacial score (nSPS) is 23.3. The number of benzene rings is 1. The zero-order chi connectivity index (χ0) is 34.0. The molecule has 1 aromatic carbocycles. The van der Waals surface area contributed by atoms with Crippen molar-refractivity contribution in [1.82, 2.24) is 39.4 Å². The third kappa shape index (κ3) is 8.17. The molecule has 262 valence electrons. The fourth-order valence-corrected chi connectivity index (χ4v) is 7.75. The minimum Gasteiger partial charge on any atom is -0.487 e. The third-order valence-corrected chi connectivity index (χ3v) is 10.8. The standard InChI is InChI=1S/C33H42ClN9O5S/c1-22(16-41-21-35-20-38-41)48-31-13-23(3-10-29(31)34)24-14-36-33(37-15-24)39-30-17-42(40-32(30)47-11-12-49(2,44)45)25-4-6-26(7-5-25)43-27-8-9-28(43)19-46-18-27/h3,10,13-15,17,20-22,25-28H,4-9,11-12,16,18-19H2,1-2H3,(H,36,37,39)/t22-,25?,26?,27?,28?/m0/s1. The Morgan fingerprint density at radius 2 is 1.73 bits per heavy atom. The number of hydrogen-bond acceptors (Lipinski definition) is 12. The molecule has 1 N–H and O–H groups in total. The number of ether oxygens (including phenoxy) is 3. The number of rotatable bonds is 13. The van der Waals surface area contributed by atoms with E-state index in [4.69, 9.17) is 30.9 Å². The molecule has 0 amide bonds. The van der Waals surface area contributed by atoms with E-state index in [9.17, 15) is 8.42 Å². The molecule has 16 heteroatoms. The monoisotopic (exact) mass is 711 g/mol. The van der Waals surface area contributed by atoms with Gasteiger partial charge in [-0.25, -0.2) is 28.1 Å². The number of halogens is 1. The molecule has 2 bridgehead atoms. The van der Waals surface area contributed by atoms with Crippen LogP contribution in [0.1, 0.15) is 51.5 Å². The van der Waals surface area contributed by atoms with Crippen molar-refractivity contribution in [2.75, 3.05) is 37.1 Å². The van der Waals surface area contributed by atoms with Gasteiger partial charge in [-0.15, -0.1) is 5.10 Å². The number of aromatic nitrogens is 7. The van der Waals surface area contributed by atoms with Crippen LogP contribution in [0.5, 0.6) is 11.6 Å². The lowest BCUT2D eigenvalue weighted by atomic mass is 9.89. The molecule has 14 nitrogen and oxygen atoms in total. The van der Waals surface area contributed by atoms with Crippen LogP contribution >= 0.6 is 11.6 Å². The fraction of sp³-hybridized carbons (Fsp3) is 0.545. The number of nitrogens with zero attached hydrogens (tertiary/aromatic N) is 8. The largest absolute Gasteiger partial charge is 0.487 e. The van der Waals surface area contributed by atoms with Crippen molar-refractivity contribution >= 4 is 33.1 Å². The Morgan fingerprint density at radius 3 is 2.43 bits per heavy atom. The topological polar surface area (TPSA) is 151 Å². The van der Waals surface area contributed by atoms with Gasteiger partial charge in [-0.1, -0.05) is 17.7 Å². The Balaban J connectivity index is 1.03. The first-order valence-corrected chi connectivity index (χ1v) is 19.3. The summed E-state index contributed by atoms with van der Waals surface area (Å²) in [5.41, 5.74) is 2.21. The van der Waals surface area contributed by atoms with E-state index in [0.717, 1.165) is 50.0 Å². The van der Waals surface area contributed by atoms with Crippen LogP contribution < -0.4 is 14.8 Å². The van der Waals surface area contributed by atoms with Crippen molar-refractivity contribution in [3.63, 3.8) is 0 Å². The van der Waals surface area contributed by atoms with Crippen molar-refractivity contribution in [2.24, 2.45) is 0 Å². The molecule has 2 saturated heterocycles. The van der Waals surface area contributed by atoms with Crippen LogP contribution in [0.15, 0.2) is 49.4 Å². The Morgan fingerprint density at radius 1 is 1.02 bits per heavy atom.